The van der Waals surface area contributed by atoms with E-state index in [1.807, 2.05) is 43.3 Å². The van der Waals surface area contributed by atoms with Gasteiger partial charge in [0.2, 0.25) is 0 Å². The molecule has 0 saturated heterocycles. The number of thiophene rings is 1. The van der Waals surface area contributed by atoms with Gasteiger partial charge in [-0.1, -0.05) is 67.4 Å². The first kappa shape index (κ1) is 17.6. The number of rotatable bonds is 5. The Labute approximate surface area is 156 Å². The minimum Gasteiger partial charge on any atom is -0.266 e. The van der Waals surface area contributed by atoms with Gasteiger partial charge in [-0.2, -0.15) is 5.10 Å². The average Bonchev–Trinajstić information content (AvgIpc) is 2.97. The fraction of sp³-hybridized carbons (Fsp3) is 0.200. The van der Waals surface area contributed by atoms with E-state index < -0.39 is 0 Å². The van der Waals surface area contributed by atoms with Gasteiger partial charge in [-0.15, -0.1) is 11.3 Å². The summed E-state index contributed by atoms with van der Waals surface area (Å²) in [6, 6.07) is 16.0. The zero-order chi connectivity index (χ0) is 17.8. The van der Waals surface area contributed by atoms with Crippen molar-refractivity contribution in [2.75, 3.05) is 0 Å². The summed E-state index contributed by atoms with van der Waals surface area (Å²) in [4.78, 5) is 12.9. The molecular weight excluding hydrogens is 352 g/mol. The van der Waals surface area contributed by atoms with Crippen molar-refractivity contribution >= 4 is 44.6 Å². The number of aryl methyl sites for hydroxylation is 1. The Morgan fingerprint density at radius 3 is 2.56 bits per heavy atom. The van der Waals surface area contributed by atoms with Crippen LogP contribution in [-0.2, 0) is 6.42 Å². The van der Waals surface area contributed by atoms with Crippen molar-refractivity contribution in [3.8, 4) is 0 Å². The molecule has 1 amide bonds. The number of hydrogen-bond acceptors (Lipinski definition) is 3. The highest BCUT2D eigenvalue weighted by Gasteiger charge is 2.16. The number of hydrogen-bond donors (Lipinski definition) is 1. The van der Waals surface area contributed by atoms with Crippen LogP contribution < -0.4 is 5.43 Å². The van der Waals surface area contributed by atoms with Crippen LogP contribution in [0.3, 0.4) is 0 Å². The van der Waals surface area contributed by atoms with Crippen molar-refractivity contribution in [2.24, 2.45) is 5.10 Å². The maximum Gasteiger partial charge on any atom is 0.283 e. The van der Waals surface area contributed by atoms with Crippen molar-refractivity contribution in [2.45, 2.75) is 26.7 Å². The Morgan fingerprint density at radius 1 is 1.16 bits per heavy atom. The first-order chi connectivity index (χ1) is 12.1. The molecule has 5 heteroatoms. The number of nitrogens with one attached hydrogen (secondary N) is 1. The summed E-state index contributed by atoms with van der Waals surface area (Å²) in [6.45, 7) is 4.04. The summed E-state index contributed by atoms with van der Waals surface area (Å²) < 4.78 is 0.991. The largest absolute Gasteiger partial charge is 0.283 e. The Kier molecular flexibility index (Phi) is 5.51. The molecule has 0 radical (unpaired) electrons. The third-order valence-corrected chi connectivity index (χ3v) is 5.65. The maximum atomic E-state index is 12.4. The van der Waals surface area contributed by atoms with Gasteiger partial charge in [0.25, 0.3) is 5.91 Å². The molecule has 0 unspecified atom stereocenters. The summed E-state index contributed by atoms with van der Waals surface area (Å²) in [6.07, 6.45) is 2.19. The Balaban J connectivity index is 1.75. The molecule has 0 aliphatic carbocycles. The number of benzene rings is 2. The standard InChI is InChI=1S/C20H19ClN2OS/c1-3-6-14-9-11-15(12-10-14)13(2)22-23-20(24)19-18(21)16-7-4-5-8-17(16)25-19/h4-5,7-12H,3,6H2,1-2H3,(H,23,24). The molecule has 0 atom stereocenters. The SMILES string of the molecule is CCCc1ccc(C(C)=NNC(=O)c2sc3ccccc3c2Cl)cc1. The Morgan fingerprint density at radius 2 is 1.88 bits per heavy atom. The molecular formula is C20H19ClN2OS. The molecule has 0 spiro atoms. The van der Waals surface area contributed by atoms with Crippen LogP contribution in [-0.4, -0.2) is 11.6 Å². The van der Waals surface area contributed by atoms with Crippen LogP contribution in [0.2, 0.25) is 5.02 Å². The number of hydrazone groups is 1. The van der Waals surface area contributed by atoms with Gasteiger partial charge < -0.3 is 0 Å². The number of amides is 1. The van der Waals surface area contributed by atoms with E-state index in [4.69, 9.17) is 11.6 Å². The number of nitrogens with zero attached hydrogens (tertiary/aromatic N) is 1. The quantitative estimate of drug-likeness (QED) is 0.456. The summed E-state index contributed by atoms with van der Waals surface area (Å²) in [5, 5.41) is 5.60. The number of halogens is 1. The normalized spacial score (nSPS) is 11.7. The van der Waals surface area contributed by atoms with Crippen molar-refractivity contribution in [1.29, 1.82) is 0 Å². The molecule has 0 aliphatic rings. The highest BCUT2D eigenvalue weighted by molar-refractivity contribution is 7.21. The van der Waals surface area contributed by atoms with Crippen LogP contribution in [0.1, 0.15) is 41.1 Å². The fourth-order valence-electron chi connectivity index (χ4n) is 2.61. The van der Waals surface area contributed by atoms with E-state index in [9.17, 15) is 4.79 Å². The monoisotopic (exact) mass is 370 g/mol. The van der Waals surface area contributed by atoms with Crippen molar-refractivity contribution in [3.63, 3.8) is 0 Å². The average molecular weight is 371 g/mol. The summed E-state index contributed by atoms with van der Waals surface area (Å²) in [5.41, 5.74) is 5.67. The van der Waals surface area contributed by atoms with E-state index >= 15 is 0 Å². The van der Waals surface area contributed by atoms with Gasteiger partial charge in [-0.25, -0.2) is 5.43 Å². The number of carbonyl (C=O) groups excluding carboxylic acids is 1. The molecule has 0 bridgehead atoms. The second kappa shape index (κ2) is 7.81. The molecule has 3 rings (SSSR count). The lowest BCUT2D eigenvalue weighted by atomic mass is 10.1. The molecule has 1 N–H and O–H groups in total. The summed E-state index contributed by atoms with van der Waals surface area (Å²) in [7, 11) is 0. The predicted molar refractivity (Wildman–Crippen MR) is 107 cm³/mol. The van der Waals surface area contributed by atoms with Gasteiger partial charge >= 0.3 is 0 Å². The Bertz CT molecular complexity index is 929. The van der Waals surface area contributed by atoms with Crippen LogP contribution in [0, 0.1) is 0 Å². The highest BCUT2D eigenvalue weighted by atomic mass is 35.5. The van der Waals surface area contributed by atoms with Gasteiger partial charge in [-0.05, 0) is 30.5 Å². The maximum absolute atomic E-state index is 12.4. The lowest BCUT2D eigenvalue weighted by molar-refractivity contribution is 0.0959. The van der Waals surface area contributed by atoms with E-state index in [0.717, 1.165) is 34.2 Å². The number of carbonyl (C=O) groups is 1. The second-order valence-electron chi connectivity index (χ2n) is 5.83. The Hall–Kier alpha value is -2.17. The third-order valence-electron chi connectivity index (χ3n) is 3.98. The molecule has 1 aromatic heterocycles. The van der Waals surface area contributed by atoms with Gasteiger partial charge in [0.1, 0.15) is 4.88 Å². The first-order valence-electron chi connectivity index (χ1n) is 8.21. The van der Waals surface area contributed by atoms with Crippen molar-refractivity contribution in [3.05, 3.63) is 69.6 Å². The number of fused-ring (bicyclic) bond motifs is 1. The van der Waals surface area contributed by atoms with E-state index in [2.05, 4.69) is 29.6 Å². The van der Waals surface area contributed by atoms with Crippen LogP contribution in [0.4, 0.5) is 0 Å². The van der Waals surface area contributed by atoms with Crippen LogP contribution in [0.15, 0.2) is 53.6 Å². The zero-order valence-electron chi connectivity index (χ0n) is 14.2. The smallest absolute Gasteiger partial charge is 0.266 e. The van der Waals surface area contributed by atoms with E-state index in [0.29, 0.717) is 9.90 Å². The van der Waals surface area contributed by atoms with Crippen molar-refractivity contribution < 1.29 is 4.79 Å². The molecule has 128 valence electrons. The molecule has 3 aromatic rings. The van der Waals surface area contributed by atoms with Gasteiger partial charge in [0.15, 0.2) is 0 Å². The van der Waals surface area contributed by atoms with E-state index in [1.54, 1.807) is 0 Å². The van der Waals surface area contributed by atoms with Crippen LogP contribution >= 0.6 is 22.9 Å². The lowest BCUT2D eigenvalue weighted by Gasteiger charge is -2.04. The van der Waals surface area contributed by atoms with Crippen molar-refractivity contribution in [1.82, 2.24) is 5.43 Å². The van der Waals surface area contributed by atoms with Crippen LogP contribution in [0.25, 0.3) is 10.1 Å². The lowest BCUT2D eigenvalue weighted by Crippen LogP contribution is -2.18. The molecule has 0 saturated carbocycles. The summed E-state index contributed by atoms with van der Waals surface area (Å²) >= 11 is 7.71. The van der Waals surface area contributed by atoms with E-state index in [1.165, 1.54) is 16.9 Å². The van der Waals surface area contributed by atoms with Gasteiger partial charge in [-0.3, -0.25) is 4.79 Å². The highest BCUT2D eigenvalue weighted by Crippen LogP contribution is 2.34. The summed E-state index contributed by atoms with van der Waals surface area (Å²) in [5.74, 6) is -0.284. The first-order valence-corrected chi connectivity index (χ1v) is 9.40. The van der Waals surface area contributed by atoms with E-state index in [-0.39, 0.29) is 5.91 Å². The van der Waals surface area contributed by atoms with Gasteiger partial charge in [0.05, 0.1) is 10.7 Å². The molecule has 0 fully saturated rings. The van der Waals surface area contributed by atoms with Crippen LogP contribution in [0.5, 0.6) is 0 Å². The molecule has 25 heavy (non-hydrogen) atoms. The second-order valence-corrected chi connectivity index (χ2v) is 7.26. The van der Waals surface area contributed by atoms with Gasteiger partial charge in [0, 0.05) is 10.1 Å². The minimum absolute atomic E-state index is 0.284. The zero-order valence-corrected chi connectivity index (χ0v) is 15.7. The molecule has 2 aromatic carbocycles. The predicted octanol–water partition coefficient (Wildman–Crippen LogP) is 5.66. The minimum atomic E-state index is -0.284. The topological polar surface area (TPSA) is 41.5 Å². The molecule has 0 aliphatic heterocycles. The third kappa shape index (κ3) is 3.91. The molecule has 1 heterocycles. The fourth-order valence-corrected chi connectivity index (χ4v) is 4.02. The molecule has 3 nitrogen and oxygen atoms in total.